The van der Waals surface area contributed by atoms with Gasteiger partial charge >= 0.3 is 23.9 Å². The van der Waals surface area contributed by atoms with Crippen LogP contribution in [0.3, 0.4) is 0 Å². The SMILES string of the molecule is C[C@H](NC(=O)[C@@H]1CCCN1C(=O)CNC(=O)[C@@H]1CCCN1C(=O)[C@@H]1CCCN1C(=O)CNC(=O)[C@H](C)NC(=O)[C@H](CC(=O)O)NC(=O)CNC(=O)[C@H](CCCCN)NC(=O)[C@H](C)NC(=O)CNC(=O)[C@H](C)NC(=O)[C@H](CC(=O)O)NC(=O)CNC(=O)[C@@H]1CCCN1C(=O)[C@H](CCC(=O)O)NC(=O)CNC(=O)[C@H](CCCCN)NC(=O)[C@H](C)NC(=O)CN)C(=O)O. The molecule has 0 spiro atoms. The van der Waals surface area contributed by atoms with Gasteiger partial charge in [0.2, 0.25) is 118 Å². The Kier molecular flexibility index (Phi) is 44.0. The number of amides is 20. The fourth-order valence-corrected chi connectivity index (χ4v) is 13.6. The molecule has 4 aliphatic heterocycles. The van der Waals surface area contributed by atoms with Gasteiger partial charge < -0.3 is 142 Å². The number of carboxylic acid groups (broad SMARTS) is 4. The first-order valence-electron chi connectivity index (χ1n) is 40.9. The number of nitrogens with two attached hydrogens (primary N) is 3. The average molecular weight is 1780 g/mol. The highest BCUT2D eigenvalue weighted by molar-refractivity contribution is 6.02. The van der Waals surface area contributed by atoms with Crippen LogP contribution in [0.5, 0.6) is 0 Å². The lowest BCUT2D eigenvalue weighted by molar-refractivity contribution is -0.147. The van der Waals surface area contributed by atoms with Crippen molar-refractivity contribution in [1.29, 1.82) is 0 Å². The number of likely N-dealkylation sites (tertiary alicyclic amines) is 4. The second-order valence-electron chi connectivity index (χ2n) is 30.2. The number of nitrogens with one attached hydrogen (secondary N) is 16. The highest BCUT2D eigenvalue weighted by atomic mass is 16.4. The molecule has 0 aromatic heterocycles. The zero-order valence-electron chi connectivity index (χ0n) is 70.1. The first-order valence-corrected chi connectivity index (χ1v) is 40.9. The molecule has 4 saturated heterocycles. The molecule has 20 amide bonds. The molecule has 26 N–H and O–H groups in total. The van der Waals surface area contributed by atoms with Gasteiger partial charge in [-0.25, -0.2) is 0 Å². The minimum absolute atomic E-state index is 0.00365. The van der Waals surface area contributed by atoms with E-state index in [1.165, 1.54) is 42.4 Å². The monoisotopic (exact) mass is 1780 g/mol. The summed E-state index contributed by atoms with van der Waals surface area (Å²) in [5.74, 6) is -23.8. The summed E-state index contributed by atoms with van der Waals surface area (Å²) in [6, 6.07) is -19.1. The first-order chi connectivity index (χ1) is 59.0. The van der Waals surface area contributed by atoms with Crippen LogP contribution in [0.15, 0.2) is 0 Å². The lowest BCUT2D eigenvalue weighted by Gasteiger charge is -2.31. The molecule has 0 unspecified atom stereocenters. The summed E-state index contributed by atoms with van der Waals surface area (Å²) in [5, 5.41) is 74.8. The lowest BCUT2D eigenvalue weighted by Crippen LogP contribution is -2.57. The number of hydrogen-bond donors (Lipinski definition) is 23. The van der Waals surface area contributed by atoms with Crippen LogP contribution in [0.2, 0.25) is 0 Å². The Morgan fingerprint density at radius 2 is 0.664 bits per heavy atom. The van der Waals surface area contributed by atoms with E-state index in [4.69, 9.17) is 17.2 Å². The standard InChI is InChI=1S/C74H117N23O28/c1-37(86-67(117)46(29-60(109)110)91-55(102)34-81-69(119)47-16-11-26-96(47)72(122)44(20-21-58(105)106)89-53(100)32-79-65(115)42(14-6-8-22-75)92-63(113)39(3)84-51(98)30-77)61(111)78-31-52(99)85-40(4)64(114)93-43(15-7-9-23-76)66(116)80-33-54(101)90-45(28-59(107)108)68(118)87-38(2)62(112)82-35-57(104)95-25-13-19-50(95)73(123)97-27-12-17-48(97)70(120)83-36-56(103)94-24-10-18-49(94)71(121)88-41(5)74(124)125/h37-50H,6-36,75-77H2,1-5H3,(H,78,111)(H,79,115)(H,80,116)(H,81,119)(H,82,112)(H,83,120)(H,84,98)(H,85,99)(H,86,117)(H,87,118)(H,88,121)(H,89,100)(H,90,101)(H,91,102)(H,92,113)(H,93,114)(H,105,106)(H,107,108)(H,109,110)(H,124,125)/t37-,38-,39-,40-,41-,42-,43-,44-,45-,46-,47-,48-,49-,50-/m0/s1. The molecule has 0 radical (unpaired) electrons. The topological polar surface area (TPSA) is 774 Å². The maximum Gasteiger partial charge on any atom is 0.325 e. The van der Waals surface area contributed by atoms with Crippen LogP contribution in [0, 0.1) is 0 Å². The minimum atomic E-state index is -1.90. The third kappa shape index (κ3) is 35.1. The molecule has 51 heteroatoms. The molecular formula is C74H117N23O28. The quantitative estimate of drug-likeness (QED) is 0.0252. The van der Waals surface area contributed by atoms with Gasteiger partial charge in [-0.3, -0.25) is 115 Å². The number of carboxylic acids is 4. The molecule has 0 saturated carbocycles. The number of rotatable bonds is 52. The lowest BCUT2D eigenvalue weighted by atomic mass is 10.1. The van der Waals surface area contributed by atoms with Crippen LogP contribution >= 0.6 is 0 Å². The second kappa shape index (κ2) is 52.6. The normalized spacial score (nSPS) is 18.2. The van der Waals surface area contributed by atoms with Gasteiger partial charge in [-0.05, 0) is 144 Å². The number of nitrogens with zero attached hydrogens (tertiary/aromatic N) is 4. The Morgan fingerprint density at radius 3 is 1.10 bits per heavy atom. The Bertz CT molecular complexity index is 3970. The van der Waals surface area contributed by atoms with Crippen LogP contribution in [0.1, 0.15) is 150 Å². The van der Waals surface area contributed by atoms with Crippen molar-refractivity contribution in [2.24, 2.45) is 17.2 Å². The van der Waals surface area contributed by atoms with Crippen molar-refractivity contribution >= 4 is 142 Å². The van der Waals surface area contributed by atoms with E-state index in [0.29, 0.717) is 38.5 Å². The number of hydrogen-bond acceptors (Lipinski definition) is 27. The van der Waals surface area contributed by atoms with Crippen molar-refractivity contribution in [3.63, 3.8) is 0 Å². The van der Waals surface area contributed by atoms with Crippen molar-refractivity contribution in [2.75, 3.05) is 85.1 Å². The van der Waals surface area contributed by atoms with Gasteiger partial charge in [0.1, 0.15) is 84.6 Å². The third-order valence-electron chi connectivity index (χ3n) is 20.4. The maximum absolute atomic E-state index is 14.0. The number of carbonyl (C=O) groups is 24. The van der Waals surface area contributed by atoms with Crippen molar-refractivity contribution in [1.82, 2.24) is 105 Å². The van der Waals surface area contributed by atoms with Crippen molar-refractivity contribution in [3.8, 4) is 0 Å². The summed E-state index contributed by atoms with van der Waals surface area (Å²) in [5.41, 5.74) is 16.5. The zero-order chi connectivity index (χ0) is 93.5. The minimum Gasteiger partial charge on any atom is -0.481 e. The fourth-order valence-electron chi connectivity index (χ4n) is 13.6. The highest BCUT2D eigenvalue weighted by Crippen LogP contribution is 2.26. The van der Waals surface area contributed by atoms with E-state index >= 15 is 0 Å². The maximum atomic E-state index is 14.0. The predicted molar refractivity (Wildman–Crippen MR) is 429 cm³/mol. The van der Waals surface area contributed by atoms with E-state index in [9.17, 15) is 135 Å². The van der Waals surface area contributed by atoms with E-state index in [2.05, 4.69) is 85.1 Å². The number of carbonyl (C=O) groups excluding carboxylic acids is 20. The van der Waals surface area contributed by atoms with Crippen LogP contribution in [-0.2, 0) is 115 Å². The fraction of sp³-hybridized carbons (Fsp3) is 0.676. The predicted octanol–water partition coefficient (Wildman–Crippen LogP) is -12.3. The van der Waals surface area contributed by atoms with Crippen molar-refractivity contribution < 1.29 is 135 Å². The van der Waals surface area contributed by atoms with Crippen LogP contribution in [-0.4, -0.2) is 352 Å². The molecule has 4 aliphatic rings. The first kappa shape index (κ1) is 105. The highest BCUT2D eigenvalue weighted by Gasteiger charge is 2.45. The summed E-state index contributed by atoms with van der Waals surface area (Å²) in [6.45, 7) is 1.74. The van der Waals surface area contributed by atoms with Gasteiger partial charge in [0.15, 0.2) is 0 Å². The molecular weight excluding hydrogens is 1660 g/mol. The summed E-state index contributed by atoms with van der Waals surface area (Å²) < 4.78 is 0. The smallest absolute Gasteiger partial charge is 0.325 e. The Morgan fingerprint density at radius 1 is 0.312 bits per heavy atom. The van der Waals surface area contributed by atoms with Gasteiger partial charge in [0.05, 0.1) is 58.7 Å². The molecule has 696 valence electrons. The molecule has 4 heterocycles. The molecule has 0 aromatic carbocycles. The van der Waals surface area contributed by atoms with Gasteiger partial charge in [0.25, 0.3) is 0 Å². The van der Waals surface area contributed by atoms with Crippen molar-refractivity contribution in [3.05, 3.63) is 0 Å². The summed E-state index contributed by atoms with van der Waals surface area (Å²) in [6.07, 6.45) is 0.235. The van der Waals surface area contributed by atoms with Crippen LogP contribution in [0.25, 0.3) is 0 Å². The third-order valence-corrected chi connectivity index (χ3v) is 20.4. The van der Waals surface area contributed by atoms with Crippen LogP contribution in [0.4, 0.5) is 0 Å². The van der Waals surface area contributed by atoms with Crippen molar-refractivity contribution in [2.45, 2.75) is 235 Å². The summed E-state index contributed by atoms with van der Waals surface area (Å²) in [4.78, 5) is 317. The van der Waals surface area contributed by atoms with E-state index in [0.717, 1.165) is 11.8 Å². The molecule has 0 bridgehead atoms. The zero-order valence-corrected chi connectivity index (χ0v) is 70.1. The van der Waals surface area contributed by atoms with E-state index < -0.39 is 298 Å². The molecule has 0 aromatic rings. The second-order valence-corrected chi connectivity index (χ2v) is 30.2. The largest absolute Gasteiger partial charge is 0.481 e. The number of unbranched alkanes of at least 4 members (excludes halogenated alkanes) is 2. The van der Waals surface area contributed by atoms with E-state index in [-0.39, 0.29) is 90.6 Å². The molecule has 4 fully saturated rings. The van der Waals surface area contributed by atoms with Crippen LogP contribution < -0.4 is 102 Å². The van der Waals surface area contributed by atoms with Gasteiger partial charge in [-0.2, -0.15) is 0 Å². The Balaban J connectivity index is 1.24. The molecule has 0 aliphatic carbocycles. The van der Waals surface area contributed by atoms with E-state index in [1.54, 1.807) is 0 Å². The summed E-state index contributed by atoms with van der Waals surface area (Å²) >= 11 is 0. The molecule has 4 rings (SSSR count). The summed E-state index contributed by atoms with van der Waals surface area (Å²) in [7, 11) is 0. The van der Waals surface area contributed by atoms with Gasteiger partial charge in [0, 0.05) is 32.6 Å². The molecule has 14 atom stereocenters. The van der Waals surface area contributed by atoms with Gasteiger partial charge in [-0.15, -0.1) is 0 Å². The number of aliphatic carboxylic acids is 4. The van der Waals surface area contributed by atoms with E-state index in [1.807, 2.05) is 0 Å². The average Bonchev–Trinajstić information content (AvgIpc) is 1.67. The molecule has 125 heavy (non-hydrogen) atoms. The van der Waals surface area contributed by atoms with Gasteiger partial charge in [-0.1, -0.05) is 0 Å². The Hall–Kier alpha value is -12.8. The molecule has 51 nitrogen and oxygen atoms in total. The Labute approximate surface area is 716 Å².